The average Bonchev–Trinajstić information content (AvgIpc) is 3.08. The number of amides is 1. The fourth-order valence-electron chi connectivity index (χ4n) is 3.51. The molecule has 0 spiro atoms. The lowest BCUT2D eigenvalue weighted by molar-refractivity contribution is -0.139. The van der Waals surface area contributed by atoms with Gasteiger partial charge in [0.05, 0.1) is 11.3 Å². The number of carbonyl (C=O) groups excluding carboxylic acids is 1. The summed E-state index contributed by atoms with van der Waals surface area (Å²) in [6.07, 6.45) is 2.35. The van der Waals surface area contributed by atoms with Crippen molar-refractivity contribution in [3.8, 4) is 0 Å². The predicted molar refractivity (Wildman–Crippen MR) is 102 cm³/mol. The molecule has 1 heterocycles. The maximum absolute atomic E-state index is 12.5. The highest BCUT2D eigenvalue weighted by Crippen LogP contribution is 2.22. The average molecular weight is 397 g/mol. The topological polar surface area (TPSA) is 95.0 Å². The van der Waals surface area contributed by atoms with Gasteiger partial charge in [0.25, 0.3) is 0 Å². The molecule has 150 valence electrons. The van der Waals surface area contributed by atoms with Gasteiger partial charge in [0.15, 0.2) is 0 Å². The lowest BCUT2D eigenvalue weighted by Gasteiger charge is -2.23. The van der Waals surface area contributed by atoms with Gasteiger partial charge >= 0.3 is 5.97 Å². The van der Waals surface area contributed by atoms with E-state index in [1.807, 2.05) is 0 Å². The first-order valence-electron chi connectivity index (χ1n) is 9.40. The van der Waals surface area contributed by atoms with Gasteiger partial charge in [-0.05, 0) is 37.0 Å². The van der Waals surface area contributed by atoms with E-state index in [2.05, 4.69) is 0 Å². The number of carboxylic acids is 1. The third kappa shape index (κ3) is 5.29. The molecule has 1 aliphatic rings. The van der Waals surface area contributed by atoms with Crippen LogP contribution in [0.5, 0.6) is 0 Å². The van der Waals surface area contributed by atoms with Crippen LogP contribution in [0.3, 0.4) is 0 Å². The Morgan fingerprint density at radius 1 is 1.19 bits per heavy atom. The van der Waals surface area contributed by atoms with Crippen LogP contribution >= 0.6 is 0 Å². The number of rotatable bonds is 9. The Morgan fingerprint density at radius 2 is 1.81 bits per heavy atom. The molecule has 0 aliphatic carbocycles. The zero-order valence-corrected chi connectivity index (χ0v) is 16.7. The van der Waals surface area contributed by atoms with E-state index in [1.54, 1.807) is 43.0 Å². The zero-order chi connectivity index (χ0) is 20.0. The maximum atomic E-state index is 12.5. The van der Waals surface area contributed by atoms with Crippen molar-refractivity contribution in [2.75, 3.05) is 19.6 Å². The van der Waals surface area contributed by atoms with Gasteiger partial charge in [-0.25, -0.2) is 8.42 Å². The number of nitrogens with zero attached hydrogens (tertiary/aromatic N) is 2. The molecule has 1 aromatic rings. The first-order chi connectivity index (χ1) is 12.8. The van der Waals surface area contributed by atoms with Crippen molar-refractivity contribution >= 4 is 21.9 Å². The number of hydrogen-bond donors (Lipinski definition) is 1. The highest BCUT2D eigenvalue weighted by Gasteiger charge is 2.30. The Morgan fingerprint density at radius 3 is 2.37 bits per heavy atom. The quantitative estimate of drug-likeness (QED) is 0.690. The van der Waals surface area contributed by atoms with Crippen molar-refractivity contribution in [3.05, 3.63) is 29.8 Å². The molecule has 7 nitrogen and oxygen atoms in total. The molecule has 0 bridgehead atoms. The van der Waals surface area contributed by atoms with E-state index in [0.717, 1.165) is 18.4 Å². The fourth-order valence-corrected chi connectivity index (χ4v) is 4.97. The van der Waals surface area contributed by atoms with Gasteiger partial charge < -0.3 is 10.0 Å². The summed E-state index contributed by atoms with van der Waals surface area (Å²) in [5, 5.41) is 8.96. The van der Waals surface area contributed by atoms with E-state index < -0.39 is 16.0 Å². The minimum atomic E-state index is -3.48. The number of likely N-dealkylation sites (tertiary alicyclic amines) is 1. The largest absolute Gasteiger partial charge is 0.481 e. The van der Waals surface area contributed by atoms with Crippen molar-refractivity contribution in [2.24, 2.45) is 0 Å². The number of aliphatic carboxylic acids is 1. The molecule has 8 heteroatoms. The molecule has 0 saturated carbocycles. The SMILES string of the molecule is CCN(CC)S(=O)(=O)c1ccc(CCC(=O)N2CCCC2CC(=O)O)cc1. The molecule has 1 aromatic carbocycles. The summed E-state index contributed by atoms with van der Waals surface area (Å²) in [5.74, 6) is -0.928. The Bertz CT molecular complexity index is 757. The molecular formula is C19H28N2O5S. The van der Waals surface area contributed by atoms with E-state index in [-0.39, 0.29) is 29.7 Å². The van der Waals surface area contributed by atoms with Crippen molar-refractivity contribution < 1.29 is 23.1 Å². The van der Waals surface area contributed by atoms with Crippen LogP contribution in [0.25, 0.3) is 0 Å². The lowest BCUT2D eigenvalue weighted by atomic mass is 10.1. The third-order valence-electron chi connectivity index (χ3n) is 5.00. The number of sulfonamides is 1. The number of benzene rings is 1. The third-order valence-corrected chi connectivity index (χ3v) is 7.07. The highest BCUT2D eigenvalue weighted by atomic mass is 32.2. The van der Waals surface area contributed by atoms with Gasteiger partial charge in [-0.15, -0.1) is 0 Å². The van der Waals surface area contributed by atoms with Crippen molar-refractivity contribution in [1.29, 1.82) is 0 Å². The number of carbonyl (C=O) groups is 2. The van der Waals surface area contributed by atoms with Gasteiger partial charge in [-0.1, -0.05) is 26.0 Å². The van der Waals surface area contributed by atoms with Crippen LogP contribution < -0.4 is 0 Å². The van der Waals surface area contributed by atoms with Crippen LogP contribution in [-0.4, -0.2) is 60.3 Å². The van der Waals surface area contributed by atoms with E-state index in [9.17, 15) is 18.0 Å². The molecule has 27 heavy (non-hydrogen) atoms. The Labute approximate surface area is 161 Å². The zero-order valence-electron chi connectivity index (χ0n) is 15.9. The Hall–Kier alpha value is -1.93. The second-order valence-corrected chi connectivity index (χ2v) is 8.65. The molecule has 0 radical (unpaired) electrons. The summed E-state index contributed by atoms with van der Waals surface area (Å²) < 4.78 is 26.4. The molecular weight excluding hydrogens is 368 g/mol. The first kappa shape index (κ1) is 21.4. The van der Waals surface area contributed by atoms with Crippen LogP contribution in [-0.2, 0) is 26.0 Å². The standard InChI is InChI=1S/C19H28N2O5S/c1-3-20(4-2)27(25,26)17-10-7-15(8-11-17)9-12-18(22)21-13-5-6-16(21)14-19(23)24/h7-8,10-11,16H,3-6,9,12-14H2,1-2H3,(H,23,24). The molecule has 0 aromatic heterocycles. The minimum absolute atomic E-state index is 0.0103. The highest BCUT2D eigenvalue weighted by molar-refractivity contribution is 7.89. The van der Waals surface area contributed by atoms with Crippen LogP contribution in [0.15, 0.2) is 29.2 Å². The Kier molecular flexibility index (Phi) is 7.38. The minimum Gasteiger partial charge on any atom is -0.481 e. The van der Waals surface area contributed by atoms with Crippen LogP contribution in [0, 0.1) is 0 Å². The molecule has 1 atom stereocenters. The number of hydrogen-bond acceptors (Lipinski definition) is 4. The summed E-state index contributed by atoms with van der Waals surface area (Å²) in [5.41, 5.74) is 0.885. The Balaban J connectivity index is 1.97. The predicted octanol–water partition coefficient (Wildman–Crippen LogP) is 2.12. The molecule has 1 N–H and O–H groups in total. The monoisotopic (exact) mass is 396 g/mol. The molecule has 1 unspecified atom stereocenters. The first-order valence-corrected chi connectivity index (χ1v) is 10.8. The fraction of sp³-hybridized carbons (Fsp3) is 0.579. The molecule has 1 fully saturated rings. The van der Waals surface area contributed by atoms with E-state index in [4.69, 9.17) is 5.11 Å². The number of aryl methyl sites for hydroxylation is 1. The molecule has 1 saturated heterocycles. The lowest BCUT2D eigenvalue weighted by Crippen LogP contribution is -2.36. The molecule has 2 rings (SSSR count). The summed E-state index contributed by atoms with van der Waals surface area (Å²) in [6.45, 7) is 5.05. The summed E-state index contributed by atoms with van der Waals surface area (Å²) in [4.78, 5) is 25.3. The summed E-state index contributed by atoms with van der Waals surface area (Å²) in [7, 11) is -3.48. The smallest absolute Gasteiger partial charge is 0.305 e. The van der Waals surface area contributed by atoms with Crippen molar-refractivity contribution in [2.45, 2.75) is 56.9 Å². The summed E-state index contributed by atoms with van der Waals surface area (Å²) >= 11 is 0. The van der Waals surface area contributed by atoms with Crippen molar-refractivity contribution in [3.63, 3.8) is 0 Å². The van der Waals surface area contributed by atoms with E-state index in [1.165, 1.54) is 4.31 Å². The number of carboxylic acid groups (broad SMARTS) is 1. The van der Waals surface area contributed by atoms with E-state index in [0.29, 0.717) is 26.1 Å². The summed E-state index contributed by atoms with van der Waals surface area (Å²) in [6, 6.07) is 6.43. The van der Waals surface area contributed by atoms with Gasteiger partial charge in [-0.2, -0.15) is 4.31 Å². The van der Waals surface area contributed by atoms with Gasteiger partial charge in [0.2, 0.25) is 15.9 Å². The van der Waals surface area contributed by atoms with Crippen LogP contribution in [0.2, 0.25) is 0 Å². The van der Waals surface area contributed by atoms with Gasteiger partial charge in [-0.3, -0.25) is 9.59 Å². The molecule has 1 amide bonds. The molecule has 1 aliphatic heterocycles. The van der Waals surface area contributed by atoms with Gasteiger partial charge in [0.1, 0.15) is 0 Å². The van der Waals surface area contributed by atoms with Gasteiger partial charge in [0, 0.05) is 32.1 Å². The maximum Gasteiger partial charge on any atom is 0.305 e. The second kappa shape index (κ2) is 9.32. The van der Waals surface area contributed by atoms with E-state index >= 15 is 0 Å². The second-order valence-electron chi connectivity index (χ2n) is 6.71. The van der Waals surface area contributed by atoms with Crippen LogP contribution in [0.1, 0.15) is 45.1 Å². The van der Waals surface area contributed by atoms with Crippen LogP contribution in [0.4, 0.5) is 0 Å². The van der Waals surface area contributed by atoms with Crippen molar-refractivity contribution in [1.82, 2.24) is 9.21 Å². The normalized spacial score (nSPS) is 17.4.